The van der Waals surface area contributed by atoms with Gasteiger partial charge in [0.1, 0.15) is 0 Å². The van der Waals surface area contributed by atoms with Gasteiger partial charge in [0, 0.05) is 14.7 Å². The van der Waals surface area contributed by atoms with E-state index in [1.54, 1.807) is 0 Å². The van der Waals surface area contributed by atoms with Gasteiger partial charge in [-0.3, -0.25) is 0 Å². The Balaban J connectivity index is 1.87. The maximum atomic E-state index is 3.63. The zero-order chi connectivity index (χ0) is 13.9. The van der Waals surface area contributed by atoms with Crippen LogP contribution in [0.15, 0.2) is 28.1 Å². The first kappa shape index (κ1) is 15.0. The first-order valence-electron chi connectivity index (χ1n) is 6.87. The lowest BCUT2D eigenvalue weighted by Crippen LogP contribution is -2.36. The molecule has 0 radical (unpaired) electrons. The molecule has 1 nitrogen and oxygen atoms in total. The average Bonchev–Trinajstić information content (AvgIpc) is 2.72. The van der Waals surface area contributed by atoms with Crippen LogP contribution >= 0.6 is 27.3 Å². The summed E-state index contributed by atoms with van der Waals surface area (Å²) in [6.07, 6.45) is 3.67. The van der Waals surface area contributed by atoms with Crippen molar-refractivity contribution in [2.45, 2.75) is 45.6 Å². The van der Waals surface area contributed by atoms with Crippen LogP contribution in [0.25, 0.3) is 10.1 Å². The summed E-state index contributed by atoms with van der Waals surface area (Å²) in [4.78, 5) is 0. The molecule has 0 saturated carbocycles. The summed E-state index contributed by atoms with van der Waals surface area (Å²) in [6, 6.07) is 6.49. The first-order valence-corrected chi connectivity index (χ1v) is 8.54. The molecule has 0 fully saturated rings. The number of unbranched alkanes of at least 4 members (excludes halogenated alkanes) is 1. The van der Waals surface area contributed by atoms with Crippen molar-refractivity contribution in [3.63, 3.8) is 0 Å². The van der Waals surface area contributed by atoms with Crippen molar-refractivity contribution >= 4 is 37.4 Å². The van der Waals surface area contributed by atoms with Gasteiger partial charge in [-0.25, -0.2) is 0 Å². The Labute approximate surface area is 128 Å². The van der Waals surface area contributed by atoms with Gasteiger partial charge in [-0.1, -0.05) is 12.1 Å². The molecule has 0 aliphatic carbocycles. The topological polar surface area (TPSA) is 12.0 Å². The number of benzene rings is 1. The highest BCUT2D eigenvalue weighted by Gasteiger charge is 2.08. The molecule has 0 atom stereocenters. The molecule has 1 aromatic carbocycles. The Morgan fingerprint density at radius 2 is 2.00 bits per heavy atom. The van der Waals surface area contributed by atoms with Crippen molar-refractivity contribution in [1.29, 1.82) is 0 Å². The van der Waals surface area contributed by atoms with Gasteiger partial charge in [0.15, 0.2) is 0 Å². The summed E-state index contributed by atoms with van der Waals surface area (Å²) in [5.74, 6) is 0. The summed E-state index contributed by atoms with van der Waals surface area (Å²) in [5, 5.41) is 7.28. The van der Waals surface area contributed by atoms with E-state index in [2.05, 4.69) is 65.6 Å². The lowest BCUT2D eigenvalue weighted by Gasteiger charge is -2.20. The van der Waals surface area contributed by atoms with Crippen molar-refractivity contribution in [1.82, 2.24) is 5.32 Å². The van der Waals surface area contributed by atoms with E-state index in [0.29, 0.717) is 0 Å². The second kappa shape index (κ2) is 6.38. The van der Waals surface area contributed by atoms with E-state index in [4.69, 9.17) is 0 Å². The first-order chi connectivity index (χ1) is 8.97. The van der Waals surface area contributed by atoms with Gasteiger partial charge in [-0.2, -0.15) is 0 Å². The van der Waals surface area contributed by atoms with Crippen LogP contribution in [0.4, 0.5) is 0 Å². The number of nitrogens with one attached hydrogen (secondary N) is 1. The number of hydrogen-bond acceptors (Lipinski definition) is 2. The zero-order valence-corrected chi connectivity index (χ0v) is 14.3. The van der Waals surface area contributed by atoms with E-state index in [0.717, 1.165) is 6.54 Å². The molecule has 3 heteroatoms. The molecule has 2 rings (SSSR count). The van der Waals surface area contributed by atoms with Gasteiger partial charge in [0.2, 0.25) is 0 Å². The smallest absolute Gasteiger partial charge is 0.0487 e. The van der Waals surface area contributed by atoms with Gasteiger partial charge in [-0.05, 0) is 84.9 Å². The zero-order valence-electron chi connectivity index (χ0n) is 11.9. The van der Waals surface area contributed by atoms with Crippen LogP contribution in [0, 0.1) is 0 Å². The molecule has 1 heterocycles. The molecule has 0 amide bonds. The second-order valence-electron chi connectivity index (χ2n) is 6.01. The molecule has 0 saturated heterocycles. The predicted octanol–water partition coefficient (Wildman–Crippen LogP) is 5.37. The molecule has 0 bridgehead atoms. The number of hydrogen-bond donors (Lipinski definition) is 1. The van der Waals surface area contributed by atoms with Crippen LogP contribution in [0.2, 0.25) is 0 Å². The Bertz CT molecular complexity index is 539. The monoisotopic (exact) mass is 339 g/mol. The minimum Gasteiger partial charge on any atom is -0.312 e. The number of rotatable bonds is 5. The van der Waals surface area contributed by atoms with Crippen LogP contribution in [-0.2, 0) is 6.42 Å². The third-order valence-corrected chi connectivity index (χ3v) is 5.16. The number of halogens is 1. The van der Waals surface area contributed by atoms with Crippen molar-refractivity contribution in [3.8, 4) is 0 Å². The van der Waals surface area contributed by atoms with Crippen molar-refractivity contribution in [3.05, 3.63) is 33.6 Å². The number of thiophene rings is 1. The Kier molecular flexibility index (Phi) is 5.04. The highest BCUT2D eigenvalue weighted by Crippen LogP contribution is 2.32. The second-order valence-corrected chi connectivity index (χ2v) is 7.75. The number of aryl methyl sites for hydroxylation is 1. The molecule has 2 aromatic rings. The van der Waals surface area contributed by atoms with Gasteiger partial charge in [0.05, 0.1) is 0 Å². The fourth-order valence-electron chi connectivity index (χ4n) is 2.17. The lowest BCUT2D eigenvalue weighted by atomic mass is 10.1. The third-order valence-electron chi connectivity index (χ3n) is 3.16. The highest BCUT2D eigenvalue weighted by atomic mass is 79.9. The van der Waals surface area contributed by atoms with Crippen LogP contribution in [-0.4, -0.2) is 12.1 Å². The van der Waals surface area contributed by atoms with E-state index in [1.807, 2.05) is 11.3 Å². The normalized spacial score (nSPS) is 12.2. The fourth-order valence-corrected chi connectivity index (χ4v) is 3.83. The predicted molar refractivity (Wildman–Crippen MR) is 90.2 cm³/mol. The van der Waals surface area contributed by atoms with Crippen LogP contribution < -0.4 is 5.32 Å². The lowest BCUT2D eigenvalue weighted by molar-refractivity contribution is 0.419. The van der Waals surface area contributed by atoms with Crippen LogP contribution in [0.1, 0.15) is 39.2 Å². The fraction of sp³-hybridized carbons (Fsp3) is 0.500. The van der Waals surface area contributed by atoms with E-state index in [1.165, 1.54) is 39.4 Å². The molecule has 0 unspecified atom stereocenters. The molecule has 1 N–H and O–H groups in total. The maximum Gasteiger partial charge on any atom is 0.0487 e. The molecule has 104 valence electrons. The van der Waals surface area contributed by atoms with Crippen molar-refractivity contribution in [2.24, 2.45) is 0 Å². The van der Waals surface area contributed by atoms with E-state index in [-0.39, 0.29) is 5.54 Å². The van der Waals surface area contributed by atoms with Gasteiger partial charge in [-0.15, -0.1) is 11.3 Å². The molecule has 0 aliphatic heterocycles. The van der Waals surface area contributed by atoms with Crippen LogP contribution in [0.5, 0.6) is 0 Å². The largest absolute Gasteiger partial charge is 0.312 e. The minimum absolute atomic E-state index is 0.236. The third kappa shape index (κ3) is 4.30. The summed E-state index contributed by atoms with van der Waals surface area (Å²) >= 11 is 5.47. The quantitative estimate of drug-likeness (QED) is 0.721. The van der Waals surface area contributed by atoms with Gasteiger partial charge in [0.25, 0.3) is 0 Å². The van der Waals surface area contributed by atoms with Gasteiger partial charge >= 0.3 is 0 Å². The highest BCUT2D eigenvalue weighted by molar-refractivity contribution is 9.10. The van der Waals surface area contributed by atoms with Crippen LogP contribution in [0.3, 0.4) is 0 Å². The molecular formula is C16H22BrNS. The minimum atomic E-state index is 0.236. The van der Waals surface area contributed by atoms with E-state index in [9.17, 15) is 0 Å². The number of fused-ring (bicyclic) bond motifs is 1. The molecule has 1 aromatic heterocycles. The summed E-state index contributed by atoms with van der Waals surface area (Å²) in [5.41, 5.74) is 1.73. The van der Waals surface area contributed by atoms with Crippen molar-refractivity contribution < 1.29 is 0 Å². The standard InChI is InChI=1S/C16H22BrNS/c1-16(2,3)18-10-5-4-7-12-11-19-15-13(12)8-6-9-14(15)17/h6,8-9,11,18H,4-5,7,10H2,1-3H3. The summed E-state index contributed by atoms with van der Waals surface area (Å²) in [7, 11) is 0. The Morgan fingerprint density at radius 1 is 1.21 bits per heavy atom. The SMILES string of the molecule is CC(C)(C)NCCCCc1csc2c(Br)cccc12. The average molecular weight is 340 g/mol. The Hall–Kier alpha value is -0.380. The maximum absolute atomic E-state index is 3.63. The molecular weight excluding hydrogens is 318 g/mol. The molecule has 0 aliphatic rings. The van der Waals surface area contributed by atoms with Gasteiger partial charge < -0.3 is 5.32 Å². The molecule has 0 spiro atoms. The summed E-state index contributed by atoms with van der Waals surface area (Å²) < 4.78 is 2.60. The summed E-state index contributed by atoms with van der Waals surface area (Å²) in [6.45, 7) is 7.76. The molecule has 19 heavy (non-hydrogen) atoms. The van der Waals surface area contributed by atoms with Crippen molar-refractivity contribution in [2.75, 3.05) is 6.54 Å². The van der Waals surface area contributed by atoms with E-state index >= 15 is 0 Å². The van der Waals surface area contributed by atoms with E-state index < -0.39 is 0 Å². The Morgan fingerprint density at radius 3 is 2.74 bits per heavy atom.